The molecule has 3 N–H and O–H groups in total. The van der Waals surface area contributed by atoms with Crippen molar-refractivity contribution in [3.63, 3.8) is 0 Å². The Morgan fingerprint density at radius 1 is 1.54 bits per heavy atom. The molecule has 0 spiro atoms. The van der Waals surface area contributed by atoms with Crippen molar-refractivity contribution in [3.05, 3.63) is 29.6 Å². The average molecular weight is 181 g/mol. The summed E-state index contributed by atoms with van der Waals surface area (Å²) in [4.78, 5) is 21.4. The number of hydrogen-bond acceptors (Lipinski definition) is 2. The third-order valence-electron chi connectivity index (χ3n) is 1.72. The van der Waals surface area contributed by atoms with Gasteiger partial charge in [-0.25, -0.2) is 0 Å². The zero-order valence-corrected chi connectivity index (χ0v) is 7.02. The molecule has 0 bridgehead atoms. The maximum absolute atomic E-state index is 10.8. The third-order valence-corrected chi connectivity index (χ3v) is 1.72. The zero-order chi connectivity index (χ0) is 10.0. The molecular weight excluding hydrogens is 172 g/mol. The van der Waals surface area contributed by atoms with Crippen molar-refractivity contribution in [1.29, 1.82) is 0 Å². The lowest BCUT2D eigenvalue weighted by molar-refractivity contribution is -0.591. The number of aromatic nitrogens is 1. The fourth-order valence-electron chi connectivity index (χ4n) is 1.06. The van der Waals surface area contributed by atoms with Crippen LogP contribution >= 0.6 is 0 Å². The van der Waals surface area contributed by atoms with Crippen molar-refractivity contribution in [2.24, 2.45) is 5.73 Å². The summed E-state index contributed by atoms with van der Waals surface area (Å²) in [5.74, 6) is -0.631. The van der Waals surface area contributed by atoms with Crippen LogP contribution in [0.1, 0.15) is 16.1 Å². The molecule has 1 rings (SSSR count). The summed E-state index contributed by atoms with van der Waals surface area (Å²) in [7, 11) is 0. The van der Waals surface area contributed by atoms with Crippen molar-refractivity contribution >= 4 is 12.0 Å². The molecule has 0 unspecified atom stereocenters. The van der Waals surface area contributed by atoms with Gasteiger partial charge in [-0.3, -0.25) is 4.79 Å². The minimum Gasteiger partial charge on any atom is -0.427 e. The Morgan fingerprint density at radius 3 is 2.62 bits per heavy atom. The first-order valence-corrected chi connectivity index (χ1v) is 3.58. The number of carbonyl (C=O) groups excluding carboxylic acids is 1. The smallest absolute Gasteiger partial charge is 0.427 e. The molecule has 5 heteroatoms. The average Bonchev–Trinajstić information content (AvgIpc) is 2.03. The van der Waals surface area contributed by atoms with Crippen LogP contribution in [0.15, 0.2) is 18.3 Å². The van der Waals surface area contributed by atoms with Gasteiger partial charge in [0, 0.05) is 13.0 Å². The van der Waals surface area contributed by atoms with Crippen LogP contribution in [0.5, 0.6) is 0 Å². The molecule has 13 heavy (non-hydrogen) atoms. The van der Waals surface area contributed by atoms with E-state index in [1.807, 2.05) is 0 Å². The number of hydrogen-bond donors (Lipinski definition) is 2. The molecule has 0 aliphatic carbocycles. The number of nitrogens with zero attached hydrogens (tertiary/aromatic N) is 1. The van der Waals surface area contributed by atoms with Gasteiger partial charge in [0.25, 0.3) is 5.91 Å². The quantitative estimate of drug-likeness (QED) is 0.593. The second-order valence-corrected chi connectivity index (χ2v) is 2.52. The van der Waals surface area contributed by atoms with Crippen molar-refractivity contribution in [1.82, 2.24) is 0 Å². The largest absolute Gasteiger partial charge is 0.599 e. The molecule has 1 aromatic heterocycles. The number of primary amides is 1. The maximum Gasteiger partial charge on any atom is 0.599 e. The molecule has 1 aromatic rings. The van der Waals surface area contributed by atoms with Crippen LogP contribution in [0.2, 0.25) is 0 Å². The lowest BCUT2D eigenvalue weighted by atomic mass is 10.2. The first kappa shape index (κ1) is 9.18. The Hall–Kier alpha value is -1.91. The third kappa shape index (κ3) is 1.64. The predicted molar refractivity (Wildman–Crippen MR) is 43.3 cm³/mol. The van der Waals surface area contributed by atoms with Gasteiger partial charge in [0.15, 0.2) is 6.20 Å². The second-order valence-electron chi connectivity index (χ2n) is 2.52. The van der Waals surface area contributed by atoms with Gasteiger partial charge in [-0.1, -0.05) is 4.57 Å². The topological polar surface area (TPSA) is 84.3 Å². The van der Waals surface area contributed by atoms with Crippen LogP contribution in [0.4, 0.5) is 4.79 Å². The summed E-state index contributed by atoms with van der Waals surface area (Å²) in [6.45, 7) is 1.52. The zero-order valence-electron chi connectivity index (χ0n) is 7.02. The first-order chi connectivity index (χ1) is 6.04. The molecule has 0 aliphatic rings. The normalized spacial score (nSPS) is 9.62. The highest BCUT2D eigenvalue weighted by Gasteiger charge is 2.20. The van der Waals surface area contributed by atoms with E-state index in [4.69, 9.17) is 10.8 Å². The molecule has 0 atom stereocenters. The van der Waals surface area contributed by atoms with E-state index in [9.17, 15) is 9.59 Å². The molecule has 0 saturated carbocycles. The van der Waals surface area contributed by atoms with E-state index >= 15 is 0 Å². The van der Waals surface area contributed by atoms with Gasteiger partial charge in [-0.2, -0.15) is 4.79 Å². The molecule has 1 heterocycles. The minimum atomic E-state index is -1.14. The first-order valence-electron chi connectivity index (χ1n) is 3.58. The van der Waals surface area contributed by atoms with Crippen LogP contribution in [0.25, 0.3) is 0 Å². The summed E-state index contributed by atoms with van der Waals surface area (Å²) >= 11 is 0. The molecule has 1 amide bonds. The molecule has 0 aliphatic heterocycles. The molecule has 0 saturated heterocycles. The molecular formula is C8H9N2O3+. The van der Waals surface area contributed by atoms with Gasteiger partial charge >= 0.3 is 6.09 Å². The standard InChI is InChI=1S/C8H8N2O3/c1-5-6(7(9)11)3-2-4-10(5)8(12)13/h2-4H,1H3,(H2-,9,11,12,13)/p+1. The van der Waals surface area contributed by atoms with Crippen LogP contribution in [0.3, 0.4) is 0 Å². The Bertz CT molecular complexity index is 341. The van der Waals surface area contributed by atoms with Gasteiger partial charge in [0.2, 0.25) is 5.69 Å². The van der Waals surface area contributed by atoms with Gasteiger partial charge < -0.3 is 10.8 Å². The summed E-state index contributed by atoms with van der Waals surface area (Å²) in [6, 6.07) is 2.94. The lowest BCUT2D eigenvalue weighted by Crippen LogP contribution is -2.45. The highest BCUT2D eigenvalue weighted by Crippen LogP contribution is 2.00. The highest BCUT2D eigenvalue weighted by atomic mass is 16.4. The fourth-order valence-corrected chi connectivity index (χ4v) is 1.06. The van der Waals surface area contributed by atoms with Crippen LogP contribution in [-0.2, 0) is 0 Å². The number of amides is 1. The molecule has 0 radical (unpaired) electrons. The van der Waals surface area contributed by atoms with Gasteiger partial charge in [-0.15, -0.1) is 0 Å². The number of nitrogens with two attached hydrogens (primary N) is 1. The Labute approximate surface area is 74.4 Å². The van der Waals surface area contributed by atoms with Crippen molar-refractivity contribution in [3.8, 4) is 0 Å². The summed E-state index contributed by atoms with van der Waals surface area (Å²) < 4.78 is 0.945. The molecule has 5 nitrogen and oxygen atoms in total. The highest BCUT2D eigenvalue weighted by molar-refractivity contribution is 5.93. The Balaban J connectivity index is 3.35. The van der Waals surface area contributed by atoms with E-state index in [2.05, 4.69) is 0 Å². The number of carboxylic acid groups (broad SMARTS) is 1. The molecule has 68 valence electrons. The Kier molecular flexibility index (Phi) is 2.27. The SMILES string of the molecule is Cc1c(C(N)=O)ccc[n+]1C(=O)O. The number of carbonyl (C=O) groups is 2. The van der Waals surface area contributed by atoms with Gasteiger partial charge in [0.05, 0.1) is 0 Å². The van der Waals surface area contributed by atoms with Gasteiger partial charge in [0.1, 0.15) is 5.56 Å². The summed E-state index contributed by atoms with van der Waals surface area (Å²) in [5.41, 5.74) is 5.57. The van der Waals surface area contributed by atoms with Crippen LogP contribution in [0, 0.1) is 6.92 Å². The summed E-state index contributed by atoms with van der Waals surface area (Å²) in [5, 5.41) is 8.68. The van der Waals surface area contributed by atoms with E-state index in [0.29, 0.717) is 5.69 Å². The van der Waals surface area contributed by atoms with E-state index in [1.165, 1.54) is 25.3 Å². The lowest BCUT2D eigenvalue weighted by Gasteiger charge is -1.97. The fraction of sp³-hybridized carbons (Fsp3) is 0.125. The van der Waals surface area contributed by atoms with E-state index in [-0.39, 0.29) is 5.56 Å². The Morgan fingerprint density at radius 2 is 2.15 bits per heavy atom. The number of pyridine rings is 1. The van der Waals surface area contributed by atoms with E-state index in [1.54, 1.807) is 0 Å². The van der Waals surface area contributed by atoms with Crippen molar-refractivity contribution in [2.45, 2.75) is 6.92 Å². The molecule has 0 fully saturated rings. The predicted octanol–water partition coefficient (Wildman–Crippen LogP) is -0.0925. The van der Waals surface area contributed by atoms with Gasteiger partial charge in [-0.05, 0) is 6.07 Å². The molecule has 0 aromatic carbocycles. The van der Waals surface area contributed by atoms with Crippen molar-refractivity contribution < 1.29 is 19.3 Å². The van der Waals surface area contributed by atoms with E-state index in [0.717, 1.165) is 4.57 Å². The van der Waals surface area contributed by atoms with Crippen LogP contribution in [-0.4, -0.2) is 17.1 Å². The maximum atomic E-state index is 10.8. The number of rotatable bonds is 1. The van der Waals surface area contributed by atoms with Crippen molar-refractivity contribution in [2.75, 3.05) is 0 Å². The van der Waals surface area contributed by atoms with E-state index < -0.39 is 12.0 Å². The second kappa shape index (κ2) is 3.22. The summed E-state index contributed by atoms with van der Waals surface area (Å²) in [6.07, 6.45) is 0.213. The monoisotopic (exact) mass is 181 g/mol. The van der Waals surface area contributed by atoms with Crippen LogP contribution < -0.4 is 10.3 Å². The minimum absolute atomic E-state index is 0.213.